The first-order chi connectivity index (χ1) is 35.3. The SMILES string of the molecule is Cc1ccc2c(c1)c1cc(C)ccc1n2-c1cc(-c2nc(-c3ccccc3)nc(-c3ccccc3)n2)cc(-n2c3ccc(C)cc3c3cc(C)ccc32)c1-c1nc(-c2ccccc2)nc(-c2ccccc2)n1. The number of nitrogens with zero attached hydrogens (tertiary/aromatic N) is 8. The van der Waals surface area contributed by atoms with Gasteiger partial charge in [0.1, 0.15) is 0 Å². The summed E-state index contributed by atoms with van der Waals surface area (Å²) in [6.07, 6.45) is 0. The lowest BCUT2D eigenvalue weighted by Gasteiger charge is -2.21. The third-order valence-electron chi connectivity index (χ3n) is 13.6. The smallest absolute Gasteiger partial charge is 0.168 e. The van der Waals surface area contributed by atoms with Crippen molar-refractivity contribution in [2.45, 2.75) is 27.7 Å². The van der Waals surface area contributed by atoms with Gasteiger partial charge < -0.3 is 9.13 Å². The van der Waals surface area contributed by atoms with Gasteiger partial charge in [-0.3, -0.25) is 0 Å². The summed E-state index contributed by atoms with van der Waals surface area (Å²) in [6.45, 7) is 8.63. The van der Waals surface area contributed by atoms with E-state index in [1.807, 2.05) is 97.1 Å². The highest BCUT2D eigenvalue weighted by molar-refractivity contribution is 6.12. The van der Waals surface area contributed by atoms with Crippen LogP contribution in [0.5, 0.6) is 0 Å². The van der Waals surface area contributed by atoms with Crippen LogP contribution >= 0.6 is 0 Å². The fourth-order valence-electron chi connectivity index (χ4n) is 10.2. The minimum atomic E-state index is 0.522. The van der Waals surface area contributed by atoms with E-state index in [2.05, 4.69) is 146 Å². The summed E-state index contributed by atoms with van der Waals surface area (Å²) in [6, 6.07) is 72.1. The van der Waals surface area contributed by atoms with E-state index in [0.29, 0.717) is 34.9 Å². The Labute approximate surface area is 416 Å². The zero-order valence-electron chi connectivity index (χ0n) is 40.2. The fraction of sp³-hybridized carbons (Fsp3) is 0.0625. The van der Waals surface area contributed by atoms with Crippen LogP contribution in [0.15, 0.2) is 206 Å². The second kappa shape index (κ2) is 17.2. The van der Waals surface area contributed by atoms with E-state index in [4.69, 9.17) is 29.9 Å². The third kappa shape index (κ3) is 7.40. The number of aryl methyl sites for hydroxylation is 4. The Morgan fingerprint density at radius 3 is 0.778 bits per heavy atom. The molecule has 72 heavy (non-hydrogen) atoms. The highest BCUT2D eigenvalue weighted by Gasteiger charge is 2.28. The first-order valence-corrected chi connectivity index (χ1v) is 24.3. The molecule has 0 aliphatic heterocycles. The maximum Gasteiger partial charge on any atom is 0.168 e. The van der Waals surface area contributed by atoms with Gasteiger partial charge in [0.25, 0.3) is 0 Å². The molecule has 0 amide bonds. The molecule has 0 aliphatic rings. The van der Waals surface area contributed by atoms with Crippen molar-refractivity contribution in [2.75, 3.05) is 0 Å². The van der Waals surface area contributed by atoms with Crippen LogP contribution in [-0.4, -0.2) is 39.0 Å². The van der Waals surface area contributed by atoms with Crippen molar-refractivity contribution in [2.24, 2.45) is 0 Å². The zero-order valence-corrected chi connectivity index (χ0v) is 40.2. The molecule has 0 aliphatic carbocycles. The van der Waals surface area contributed by atoms with E-state index in [9.17, 15) is 0 Å². The molecule has 0 atom stereocenters. The molecular formula is C64H46N8. The van der Waals surface area contributed by atoms with Gasteiger partial charge in [-0.2, -0.15) is 0 Å². The molecule has 4 heterocycles. The van der Waals surface area contributed by atoms with Crippen LogP contribution < -0.4 is 0 Å². The van der Waals surface area contributed by atoms with Crippen LogP contribution in [0.25, 0.3) is 123 Å². The molecule has 8 heteroatoms. The number of benzene rings is 9. The van der Waals surface area contributed by atoms with Crippen molar-refractivity contribution >= 4 is 43.6 Å². The predicted octanol–water partition coefficient (Wildman–Crippen LogP) is 15.5. The molecule has 13 rings (SSSR count). The van der Waals surface area contributed by atoms with Gasteiger partial charge in [-0.15, -0.1) is 0 Å². The Hall–Kier alpha value is -9.40. The second-order valence-electron chi connectivity index (χ2n) is 18.7. The standard InChI is InChI=1S/C64H46N8/c1-39-25-29-52-48(33-39)49-34-40(2)26-30-53(49)71(52)56-37-47(63-67-59(43-17-9-5-10-18-43)65-60(68-63)44-19-11-6-12-20-44)38-57(72-54-31-27-41(3)35-50(54)51-36-42(4)28-32-55(51)72)58(56)64-69-61(45-21-13-7-14-22-45)66-62(70-64)46-23-15-8-16-24-46/h5-38H,1-4H3. The van der Waals surface area contributed by atoms with Crippen molar-refractivity contribution in [3.8, 4) is 79.7 Å². The second-order valence-corrected chi connectivity index (χ2v) is 18.7. The fourth-order valence-corrected chi connectivity index (χ4v) is 10.2. The number of hydrogen-bond acceptors (Lipinski definition) is 6. The monoisotopic (exact) mass is 926 g/mol. The van der Waals surface area contributed by atoms with E-state index < -0.39 is 0 Å². The predicted molar refractivity (Wildman–Crippen MR) is 293 cm³/mol. The lowest BCUT2D eigenvalue weighted by Crippen LogP contribution is -2.09. The summed E-state index contributed by atoms with van der Waals surface area (Å²) in [5, 5.41) is 4.60. The quantitative estimate of drug-likeness (QED) is 0.151. The van der Waals surface area contributed by atoms with Crippen LogP contribution in [0.4, 0.5) is 0 Å². The number of aromatic nitrogens is 8. The summed E-state index contributed by atoms with van der Waals surface area (Å²) in [7, 11) is 0. The molecule has 9 aromatic carbocycles. The largest absolute Gasteiger partial charge is 0.308 e. The molecule has 0 spiro atoms. The first-order valence-electron chi connectivity index (χ1n) is 24.3. The molecule has 0 fully saturated rings. The molecule has 0 saturated carbocycles. The molecule has 0 N–H and O–H groups in total. The highest BCUT2D eigenvalue weighted by Crippen LogP contribution is 2.45. The minimum Gasteiger partial charge on any atom is -0.308 e. The van der Waals surface area contributed by atoms with Crippen molar-refractivity contribution in [3.05, 3.63) is 229 Å². The van der Waals surface area contributed by atoms with Gasteiger partial charge in [0.15, 0.2) is 34.9 Å². The van der Waals surface area contributed by atoms with E-state index >= 15 is 0 Å². The van der Waals surface area contributed by atoms with Gasteiger partial charge in [-0.1, -0.05) is 168 Å². The van der Waals surface area contributed by atoms with E-state index in [0.717, 1.165) is 88.4 Å². The van der Waals surface area contributed by atoms with Gasteiger partial charge in [-0.25, -0.2) is 29.9 Å². The summed E-state index contributed by atoms with van der Waals surface area (Å²) in [5.74, 6) is 3.35. The average Bonchev–Trinajstić information content (AvgIpc) is 3.91. The Morgan fingerprint density at radius 2 is 0.500 bits per heavy atom. The maximum atomic E-state index is 5.54. The maximum absolute atomic E-state index is 5.54. The van der Waals surface area contributed by atoms with Crippen molar-refractivity contribution in [1.29, 1.82) is 0 Å². The van der Waals surface area contributed by atoms with Gasteiger partial charge in [0.2, 0.25) is 0 Å². The molecule has 0 radical (unpaired) electrons. The van der Waals surface area contributed by atoms with Gasteiger partial charge in [0, 0.05) is 49.4 Å². The Morgan fingerprint density at radius 1 is 0.250 bits per heavy atom. The zero-order chi connectivity index (χ0) is 48.5. The summed E-state index contributed by atoms with van der Waals surface area (Å²) < 4.78 is 4.78. The Balaban J connectivity index is 1.25. The van der Waals surface area contributed by atoms with Gasteiger partial charge >= 0.3 is 0 Å². The molecule has 4 aromatic heterocycles. The van der Waals surface area contributed by atoms with Crippen LogP contribution in [0.2, 0.25) is 0 Å². The topological polar surface area (TPSA) is 87.2 Å². The molecule has 0 bridgehead atoms. The Bertz CT molecular complexity index is 3860. The van der Waals surface area contributed by atoms with Crippen LogP contribution in [0.1, 0.15) is 22.3 Å². The number of hydrogen-bond donors (Lipinski definition) is 0. The third-order valence-corrected chi connectivity index (χ3v) is 13.6. The molecule has 0 unspecified atom stereocenters. The van der Waals surface area contributed by atoms with E-state index in [1.165, 1.54) is 22.3 Å². The normalized spacial score (nSPS) is 11.6. The molecular weight excluding hydrogens is 881 g/mol. The minimum absolute atomic E-state index is 0.522. The average molecular weight is 927 g/mol. The van der Waals surface area contributed by atoms with Gasteiger partial charge in [-0.05, 0) is 88.4 Å². The van der Waals surface area contributed by atoms with Crippen LogP contribution in [0.3, 0.4) is 0 Å². The Kier molecular flexibility index (Phi) is 10.2. The molecule has 0 saturated heterocycles. The van der Waals surface area contributed by atoms with E-state index in [1.54, 1.807) is 0 Å². The van der Waals surface area contributed by atoms with Crippen molar-refractivity contribution < 1.29 is 0 Å². The first kappa shape index (κ1) is 42.7. The summed E-state index contributed by atoms with van der Waals surface area (Å²) >= 11 is 0. The van der Waals surface area contributed by atoms with Gasteiger partial charge in [0.05, 0.1) is 39.0 Å². The summed E-state index contributed by atoms with van der Waals surface area (Å²) in [4.78, 5) is 32.1. The number of rotatable bonds is 8. The highest BCUT2D eigenvalue weighted by atomic mass is 15.1. The summed E-state index contributed by atoms with van der Waals surface area (Å²) in [5.41, 5.74) is 15.8. The lowest BCUT2D eigenvalue weighted by molar-refractivity contribution is 1.05. The van der Waals surface area contributed by atoms with E-state index in [-0.39, 0.29) is 0 Å². The molecule has 8 nitrogen and oxygen atoms in total. The molecule has 342 valence electrons. The van der Waals surface area contributed by atoms with Crippen molar-refractivity contribution in [1.82, 2.24) is 39.0 Å². The van der Waals surface area contributed by atoms with Crippen LogP contribution in [-0.2, 0) is 0 Å². The molecule has 13 aromatic rings. The van der Waals surface area contributed by atoms with Crippen molar-refractivity contribution in [3.63, 3.8) is 0 Å². The number of fused-ring (bicyclic) bond motifs is 6. The lowest BCUT2D eigenvalue weighted by atomic mass is 10.0. The van der Waals surface area contributed by atoms with Crippen LogP contribution in [0, 0.1) is 27.7 Å².